The van der Waals surface area contributed by atoms with E-state index in [2.05, 4.69) is 20.8 Å². The molecule has 0 aliphatic heterocycles. The Morgan fingerprint density at radius 1 is 1.37 bits per heavy atom. The molecule has 1 saturated carbocycles. The third-order valence-corrected chi connectivity index (χ3v) is 4.28. The summed E-state index contributed by atoms with van der Waals surface area (Å²) in [7, 11) is 0. The smallest absolute Gasteiger partial charge is 0.145 e. The highest BCUT2D eigenvalue weighted by Gasteiger charge is 2.41. The van der Waals surface area contributed by atoms with Gasteiger partial charge in [0.05, 0.1) is 10.6 Å². The second-order valence-electron chi connectivity index (χ2n) is 6.97. The average molecular weight is 285 g/mol. The van der Waals surface area contributed by atoms with Crippen LogP contribution in [0.2, 0.25) is 5.02 Å². The Kier molecular flexibility index (Phi) is 3.95. The summed E-state index contributed by atoms with van der Waals surface area (Å²) >= 11 is 5.80. The number of benzene rings is 1. The largest absolute Gasteiger partial charge is 0.390 e. The Bertz CT molecular complexity index is 472. The highest BCUT2D eigenvalue weighted by molar-refractivity contribution is 6.30. The first-order chi connectivity index (χ1) is 8.71. The molecule has 0 spiro atoms. The van der Waals surface area contributed by atoms with Gasteiger partial charge in [0.25, 0.3) is 0 Å². The Hall–Kier alpha value is -0.600. The molecule has 19 heavy (non-hydrogen) atoms. The molecule has 2 rings (SSSR count). The zero-order chi connectivity index (χ0) is 14.3. The molecule has 1 aliphatic carbocycles. The summed E-state index contributed by atoms with van der Waals surface area (Å²) in [5.41, 5.74) is -0.214. The van der Waals surface area contributed by atoms with Gasteiger partial charge in [-0.2, -0.15) is 0 Å². The monoisotopic (exact) mass is 284 g/mol. The Morgan fingerprint density at radius 3 is 2.68 bits per heavy atom. The zero-order valence-corrected chi connectivity index (χ0v) is 12.6. The summed E-state index contributed by atoms with van der Waals surface area (Å²) in [6, 6.07) is 4.99. The van der Waals surface area contributed by atoms with Crippen molar-refractivity contribution in [2.24, 2.45) is 11.3 Å². The van der Waals surface area contributed by atoms with Gasteiger partial charge in [0, 0.05) is 6.42 Å². The van der Waals surface area contributed by atoms with E-state index in [0.29, 0.717) is 24.3 Å². The van der Waals surface area contributed by atoms with Crippen molar-refractivity contribution in [2.75, 3.05) is 0 Å². The number of aliphatic hydroxyl groups is 1. The summed E-state index contributed by atoms with van der Waals surface area (Å²) < 4.78 is 14.0. The molecular weight excluding hydrogens is 263 g/mol. The summed E-state index contributed by atoms with van der Waals surface area (Å²) in [6.07, 6.45) is 2.87. The molecule has 1 aromatic carbocycles. The standard InChI is InChI=1S/C16H22ClFO/c1-11-7-15(2,3)10-16(19,8-11)9-12-5-4-6-13(17)14(12)18/h4-6,11,19H,7-10H2,1-3H3. The van der Waals surface area contributed by atoms with E-state index in [1.54, 1.807) is 12.1 Å². The van der Waals surface area contributed by atoms with Crippen molar-refractivity contribution in [2.45, 2.75) is 52.1 Å². The van der Waals surface area contributed by atoms with Gasteiger partial charge in [-0.05, 0) is 42.2 Å². The predicted molar refractivity (Wildman–Crippen MR) is 76.9 cm³/mol. The Balaban J connectivity index is 2.23. The van der Waals surface area contributed by atoms with E-state index in [9.17, 15) is 9.50 Å². The summed E-state index contributed by atoms with van der Waals surface area (Å²) in [5, 5.41) is 11.0. The van der Waals surface area contributed by atoms with E-state index >= 15 is 0 Å². The van der Waals surface area contributed by atoms with Crippen molar-refractivity contribution in [1.29, 1.82) is 0 Å². The lowest BCUT2D eigenvalue weighted by Gasteiger charge is -2.44. The molecule has 0 bridgehead atoms. The highest BCUT2D eigenvalue weighted by Crippen LogP contribution is 2.45. The molecule has 1 N–H and O–H groups in total. The SMILES string of the molecule is CC1CC(C)(C)CC(O)(Cc2cccc(Cl)c2F)C1. The number of halogens is 2. The lowest BCUT2D eigenvalue weighted by Crippen LogP contribution is -2.43. The predicted octanol–water partition coefficient (Wildman–Crippen LogP) is 4.60. The maximum absolute atomic E-state index is 14.0. The third-order valence-electron chi connectivity index (χ3n) is 3.99. The number of hydrogen-bond acceptors (Lipinski definition) is 1. The van der Waals surface area contributed by atoms with Crippen LogP contribution < -0.4 is 0 Å². The average Bonchev–Trinajstić information content (AvgIpc) is 2.20. The van der Waals surface area contributed by atoms with Gasteiger partial charge in [-0.25, -0.2) is 4.39 Å². The van der Waals surface area contributed by atoms with Crippen molar-refractivity contribution in [3.63, 3.8) is 0 Å². The molecule has 1 aliphatic rings. The molecule has 2 unspecified atom stereocenters. The van der Waals surface area contributed by atoms with E-state index in [1.807, 2.05) is 0 Å². The first-order valence-electron chi connectivity index (χ1n) is 6.86. The van der Waals surface area contributed by atoms with Crippen LogP contribution in [-0.4, -0.2) is 10.7 Å². The first-order valence-corrected chi connectivity index (χ1v) is 7.24. The van der Waals surface area contributed by atoms with E-state index in [0.717, 1.165) is 12.8 Å². The van der Waals surface area contributed by atoms with Gasteiger partial charge < -0.3 is 5.11 Å². The summed E-state index contributed by atoms with van der Waals surface area (Å²) in [5.74, 6) is 0.0598. The van der Waals surface area contributed by atoms with Gasteiger partial charge in [0.2, 0.25) is 0 Å². The molecule has 0 amide bonds. The number of rotatable bonds is 2. The van der Waals surface area contributed by atoms with Crippen molar-refractivity contribution >= 4 is 11.6 Å². The lowest BCUT2D eigenvalue weighted by atomic mass is 9.64. The van der Waals surface area contributed by atoms with Crippen LogP contribution in [0.5, 0.6) is 0 Å². The van der Waals surface area contributed by atoms with Crippen LogP contribution in [-0.2, 0) is 6.42 Å². The fraction of sp³-hybridized carbons (Fsp3) is 0.625. The molecule has 1 fully saturated rings. The van der Waals surface area contributed by atoms with E-state index in [-0.39, 0.29) is 10.4 Å². The van der Waals surface area contributed by atoms with Crippen LogP contribution in [0.4, 0.5) is 4.39 Å². The number of hydrogen-bond donors (Lipinski definition) is 1. The van der Waals surface area contributed by atoms with Crippen molar-refractivity contribution in [3.8, 4) is 0 Å². The van der Waals surface area contributed by atoms with Crippen molar-refractivity contribution in [3.05, 3.63) is 34.6 Å². The molecule has 106 valence electrons. The molecule has 1 aromatic rings. The minimum Gasteiger partial charge on any atom is -0.390 e. The van der Waals surface area contributed by atoms with Crippen LogP contribution in [0.1, 0.15) is 45.6 Å². The molecule has 2 atom stereocenters. The van der Waals surface area contributed by atoms with Crippen LogP contribution in [0.25, 0.3) is 0 Å². The Morgan fingerprint density at radius 2 is 2.05 bits per heavy atom. The molecular formula is C16H22ClFO. The fourth-order valence-corrected chi connectivity index (χ4v) is 4.07. The van der Waals surface area contributed by atoms with Gasteiger partial charge in [0.1, 0.15) is 5.82 Å². The molecule has 0 aromatic heterocycles. The third kappa shape index (κ3) is 3.49. The quantitative estimate of drug-likeness (QED) is 0.841. The van der Waals surface area contributed by atoms with E-state index in [1.165, 1.54) is 6.07 Å². The van der Waals surface area contributed by atoms with Crippen LogP contribution in [0.15, 0.2) is 18.2 Å². The maximum atomic E-state index is 14.0. The van der Waals surface area contributed by atoms with E-state index < -0.39 is 11.4 Å². The van der Waals surface area contributed by atoms with Gasteiger partial charge >= 0.3 is 0 Å². The second kappa shape index (κ2) is 5.06. The topological polar surface area (TPSA) is 20.2 Å². The summed E-state index contributed by atoms with van der Waals surface area (Å²) in [4.78, 5) is 0. The minimum atomic E-state index is -0.827. The molecule has 0 saturated heterocycles. The van der Waals surface area contributed by atoms with Crippen molar-refractivity contribution in [1.82, 2.24) is 0 Å². The zero-order valence-electron chi connectivity index (χ0n) is 11.8. The molecule has 0 radical (unpaired) electrons. The van der Waals surface area contributed by atoms with Gasteiger partial charge in [-0.3, -0.25) is 0 Å². The van der Waals surface area contributed by atoms with Crippen molar-refractivity contribution < 1.29 is 9.50 Å². The normalized spacial score (nSPS) is 30.3. The molecule has 3 heteroatoms. The lowest BCUT2D eigenvalue weighted by molar-refractivity contribution is -0.0579. The molecule has 0 heterocycles. The minimum absolute atomic E-state index is 0.0987. The van der Waals surface area contributed by atoms with Gasteiger partial charge in [-0.1, -0.05) is 44.5 Å². The maximum Gasteiger partial charge on any atom is 0.145 e. The van der Waals surface area contributed by atoms with Crippen LogP contribution in [0.3, 0.4) is 0 Å². The van der Waals surface area contributed by atoms with Gasteiger partial charge in [-0.15, -0.1) is 0 Å². The van der Waals surface area contributed by atoms with Gasteiger partial charge in [0.15, 0.2) is 0 Å². The van der Waals surface area contributed by atoms with E-state index in [4.69, 9.17) is 11.6 Å². The second-order valence-corrected chi connectivity index (χ2v) is 7.38. The summed E-state index contributed by atoms with van der Waals surface area (Å²) in [6.45, 7) is 6.49. The van der Waals surface area contributed by atoms with Crippen LogP contribution >= 0.6 is 11.6 Å². The fourth-order valence-electron chi connectivity index (χ4n) is 3.87. The Labute approximate surface area is 119 Å². The molecule has 1 nitrogen and oxygen atoms in total. The first kappa shape index (κ1) is 14.8. The highest BCUT2D eigenvalue weighted by atomic mass is 35.5. The van der Waals surface area contributed by atoms with Crippen LogP contribution in [0, 0.1) is 17.2 Å².